The molecule has 2 atom stereocenters. The van der Waals surface area contributed by atoms with Gasteiger partial charge >= 0.3 is 0 Å². The van der Waals surface area contributed by atoms with E-state index in [2.05, 4.69) is 24.0 Å². The molecule has 0 aromatic heterocycles. The van der Waals surface area contributed by atoms with Gasteiger partial charge in [-0.1, -0.05) is 54.6 Å². The maximum absolute atomic E-state index is 12.6. The molecule has 2 aromatic carbocycles. The number of carbonyl (C=O) groups excluding carboxylic acids is 1. The van der Waals surface area contributed by atoms with Gasteiger partial charge in [0.2, 0.25) is 0 Å². The van der Waals surface area contributed by atoms with E-state index in [1.165, 1.54) is 0 Å². The zero-order chi connectivity index (χ0) is 16.9. The minimum Gasteiger partial charge on any atom is -0.333 e. The molecule has 2 unspecified atom stereocenters. The Bertz CT molecular complexity index is 658. The molecule has 24 heavy (non-hydrogen) atoms. The van der Waals surface area contributed by atoms with Crippen LogP contribution >= 0.6 is 12.4 Å². The number of rotatable bonds is 6. The number of hydrogen-bond donors (Lipinski definition) is 1. The van der Waals surface area contributed by atoms with Gasteiger partial charge in [0, 0.05) is 11.5 Å². The zero-order valence-electron chi connectivity index (χ0n) is 14.4. The van der Waals surface area contributed by atoms with Crippen molar-refractivity contribution in [1.82, 2.24) is 10.2 Å². The number of nitrogens with zero attached hydrogens (tertiary/aromatic N) is 1. The second-order valence-electron chi connectivity index (χ2n) is 5.99. The maximum atomic E-state index is 12.6. The van der Waals surface area contributed by atoms with Crippen LogP contribution in [-0.4, -0.2) is 30.6 Å². The highest BCUT2D eigenvalue weighted by molar-refractivity contribution is 5.94. The molecule has 0 aliphatic carbocycles. The normalized spacial score (nSPS) is 14.2. The Hall–Kier alpha value is -2.10. The van der Waals surface area contributed by atoms with Crippen LogP contribution in [0.1, 0.15) is 28.8 Å². The molecular formula is C20H25ClN2O. The SMILES string of the molecule is C=CC(c1ccccc1)C(C)(NC(=O)c1ccccc1)N(C)C.Cl. The first-order valence-electron chi connectivity index (χ1n) is 7.71. The third-order valence-electron chi connectivity index (χ3n) is 4.33. The van der Waals surface area contributed by atoms with E-state index in [0.717, 1.165) is 5.56 Å². The molecule has 1 N–H and O–H groups in total. The number of benzene rings is 2. The Morgan fingerprint density at radius 3 is 2.04 bits per heavy atom. The molecule has 2 rings (SSSR count). The van der Waals surface area contributed by atoms with E-state index in [9.17, 15) is 4.79 Å². The summed E-state index contributed by atoms with van der Waals surface area (Å²) < 4.78 is 0. The average Bonchev–Trinajstić information content (AvgIpc) is 2.57. The smallest absolute Gasteiger partial charge is 0.252 e. The van der Waals surface area contributed by atoms with Gasteiger partial charge in [-0.25, -0.2) is 0 Å². The second-order valence-corrected chi connectivity index (χ2v) is 5.99. The molecule has 128 valence electrons. The van der Waals surface area contributed by atoms with E-state index in [0.29, 0.717) is 5.56 Å². The first-order valence-corrected chi connectivity index (χ1v) is 7.71. The van der Waals surface area contributed by atoms with Crippen molar-refractivity contribution >= 4 is 18.3 Å². The van der Waals surface area contributed by atoms with Gasteiger partial charge in [-0.05, 0) is 38.7 Å². The summed E-state index contributed by atoms with van der Waals surface area (Å²) in [7, 11) is 3.93. The molecule has 0 spiro atoms. The third-order valence-corrected chi connectivity index (χ3v) is 4.33. The second kappa shape index (κ2) is 8.67. The summed E-state index contributed by atoms with van der Waals surface area (Å²) in [6.07, 6.45) is 1.89. The Morgan fingerprint density at radius 2 is 1.58 bits per heavy atom. The van der Waals surface area contributed by atoms with Gasteiger partial charge in [-0.15, -0.1) is 19.0 Å². The highest BCUT2D eigenvalue weighted by Gasteiger charge is 2.37. The first kappa shape index (κ1) is 19.9. The van der Waals surface area contributed by atoms with Crippen LogP contribution in [0.4, 0.5) is 0 Å². The van der Waals surface area contributed by atoms with Crippen LogP contribution in [0.15, 0.2) is 73.3 Å². The lowest BCUT2D eigenvalue weighted by atomic mass is 9.85. The Kier molecular flexibility index (Phi) is 7.20. The highest BCUT2D eigenvalue weighted by Crippen LogP contribution is 2.31. The molecule has 0 radical (unpaired) electrons. The Labute approximate surface area is 150 Å². The van der Waals surface area contributed by atoms with Gasteiger partial charge in [-0.2, -0.15) is 0 Å². The van der Waals surface area contributed by atoms with Crippen LogP contribution in [0.5, 0.6) is 0 Å². The van der Waals surface area contributed by atoms with Crippen molar-refractivity contribution in [2.75, 3.05) is 14.1 Å². The quantitative estimate of drug-likeness (QED) is 0.632. The van der Waals surface area contributed by atoms with Crippen LogP contribution in [-0.2, 0) is 0 Å². The van der Waals surface area contributed by atoms with Crippen LogP contribution in [0.25, 0.3) is 0 Å². The van der Waals surface area contributed by atoms with Crippen LogP contribution in [0.3, 0.4) is 0 Å². The minimum absolute atomic E-state index is 0. The van der Waals surface area contributed by atoms with E-state index >= 15 is 0 Å². The first-order chi connectivity index (χ1) is 11.0. The number of halogens is 1. The lowest BCUT2D eigenvalue weighted by molar-refractivity contribution is 0.0700. The topological polar surface area (TPSA) is 32.3 Å². The van der Waals surface area contributed by atoms with E-state index < -0.39 is 5.66 Å². The fraction of sp³-hybridized carbons (Fsp3) is 0.250. The van der Waals surface area contributed by atoms with Crippen LogP contribution < -0.4 is 5.32 Å². The lowest BCUT2D eigenvalue weighted by Crippen LogP contribution is -2.59. The molecule has 0 fully saturated rings. The van der Waals surface area contributed by atoms with E-state index in [1.54, 1.807) is 0 Å². The number of hydrogen-bond acceptors (Lipinski definition) is 2. The Balaban J connectivity index is 0.00000288. The molecule has 0 saturated carbocycles. The predicted octanol–water partition coefficient (Wildman–Crippen LogP) is 4.09. The molecule has 2 aromatic rings. The van der Waals surface area contributed by atoms with E-state index in [4.69, 9.17) is 0 Å². The lowest BCUT2D eigenvalue weighted by Gasteiger charge is -2.42. The molecular weight excluding hydrogens is 320 g/mol. The molecule has 0 bridgehead atoms. The minimum atomic E-state index is -0.587. The van der Waals surface area contributed by atoms with Crippen LogP contribution in [0.2, 0.25) is 0 Å². The average molecular weight is 345 g/mol. The van der Waals surface area contributed by atoms with Crippen molar-refractivity contribution in [3.05, 3.63) is 84.4 Å². The van der Waals surface area contributed by atoms with Gasteiger partial charge in [-0.3, -0.25) is 9.69 Å². The van der Waals surface area contributed by atoms with Gasteiger partial charge in [0.1, 0.15) is 5.66 Å². The predicted molar refractivity (Wildman–Crippen MR) is 103 cm³/mol. The summed E-state index contributed by atoms with van der Waals surface area (Å²) in [5.41, 5.74) is 1.18. The number of carbonyl (C=O) groups is 1. The van der Waals surface area contributed by atoms with Crippen molar-refractivity contribution in [2.45, 2.75) is 18.5 Å². The fourth-order valence-corrected chi connectivity index (χ4v) is 2.71. The van der Waals surface area contributed by atoms with Gasteiger partial charge in [0.15, 0.2) is 0 Å². The largest absolute Gasteiger partial charge is 0.333 e. The summed E-state index contributed by atoms with van der Waals surface area (Å²) in [6.45, 7) is 6.01. The molecule has 0 aliphatic rings. The van der Waals surface area contributed by atoms with Crippen molar-refractivity contribution in [3.63, 3.8) is 0 Å². The van der Waals surface area contributed by atoms with Gasteiger partial charge in [0.05, 0.1) is 0 Å². The molecule has 0 saturated heterocycles. The summed E-state index contributed by atoms with van der Waals surface area (Å²) in [6, 6.07) is 19.4. The van der Waals surface area contributed by atoms with Crippen molar-refractivity contribution in [2.24, 2.45) is 0 Å². The van der Waals surface area contributed by atoms with Crippen molar-refractivity contribution in [1.29, 1.82) is 0 Å². The van der Waals surface area contributed by atoms with E-state index in [1.807, 2.05) is 80.5 Å². The number of amides is 1. The fourth-order valence-electron chi connectivity index (χ4n) is 2.71. The van der Waals surface area contributed by atoms with Gasteiger partial charge < -0.3 is 5.32 Å². The number of likely N-dealkylation sites (N-methyl/N-ethyl adjacent to an activating group) is 1. The molecule has 1 amide bonds. The van der Waals surface area contributed by atoms with Crippen LogP contribution in [0, 0.1) is 0 Å². The molecule has 0 heterocycles. The van der Waals surface area contributed by atoms with Gasteiger partial charge in [0.25, 0.3) is 5.91 Å². The third kappa shape index (κ3) is 4.25. The number of nitrogens with one attached hydrogen (secondary N) is 1. The van der Waals surface area contributed by atoms with Crippen molar-refractivity contribution in [3.8, 4) is 0 Å². The maximum Gasteiger partial charge on any atom is 0.252 e. The Morgan fingerprint density at radius 1 is 1.08 bits per heavy atom. The zero-order valence-corrected chi connectivity index (χ0v) is 15.2. The molecule has 4 heteroatoms. The standard InChI is InChI=1S/C20H24N2O.ClH/c1-5-18(16-12-8-6-9-13-16)20(2,22(3)4)21-19(23)17-14-10-7-11-15-17;/h5-15,18H,1H2,2-4H3,(H,21,23);1H. The molecule has 0 aliphatic heterocycles. The monoisotopic (exact) mass is 344 g/mol. The summed E-state index contributed by atoms with van der Waals surface area (Å²) in [5.74, 6) is -0.129. The molecule has 3 nitrogen and oxygen atoms in total. The van der Waals surface area contributed by atoms with Crippen molar-refractivity contribution < 1.29 is 4.79 Å². The van der Waals surface area contributed by atoms with E-state index in [-0.39, 0.29) is 24.2 Å². The summed E-state index contributed by atoms with van der Waals surface area (Å²) >= 11 is 0. The highest BCUT2D eigenvalue weighted by atomic mass is 35.5. The summed E-state index contributed by atoms with van der Waals surface area (Å²) in [5, 5.41) is 3.17. The summed E-state index contributed by atoms with van der Waals surface area (Å²) in [4.78, 5) is 14.7.